The number of nitrogens with two attached hydrogens (primary N) is 2. The standard InChI is InChI=1S/C12H19FN4O3/c1-3-12(14,19)7-20-10-6-8(13)4-5-9(10)17(15)11(18)16-2/h4-6,19H,3,7,14-15H2,1-2H3,(H,16,18). The Kier molecular flexibility index (Phi) is 5.26. The lowest BCUT2D eigenvalue weighted by molar-refractivity contribution is -0.00256. The minimum absolute atomic E-state index is 0.00780. The number of hydrogen-bond acceptors (Lipinski definition) is 5. The van der Waals surface area contributed by atoms with Gasteiger partial charge in [0.05, 0.1) is 0 Å². The number of ether oxygens (including phenoxy) is 1. The van der Waals surface area contributed by atoms with E-state index in [1.807, 2.05) is 0 Å². The van der Waals surface area contributed by atoms with Gasteiger partial charge >= 0.3 is 6.03 Å². The van der Waals surface area contributed by atoms with Crippen LogP contribution >= 0.6 is 0 Å². The molecule has 1 rings (SSSR count). The first kappa shape index (κ1) is 16.2. The summed E-state index contributed by atoms with van der Waals surface area (Å²) in [6.45, 7) is 1.41. The summed E-state index contributed by atoms with van der Waals surface area (Å²) in [5.41, 5.74) is 4.13. The highest BCUT2D eigenvalue weighted by Crippen LogP contribution is 2.28. The van der Waals surface area contributed by atoms with E-state index in [4.69, 9.17) is 16.3 Å². The zero-order valence-electron chi connectivity index (χ0n) is 11.4. The number of urea groups is 1. The van der Waals surface area contributed by atoms with Gasteiger partial charge in [-0.3, -0.25) is 0 Å². The van der Waals surface area contributed by atoms with E-state index in [1.54, 1.807) is 6.92 Å². The van der Waals surface area contributed by atoms with Gasteiger partial charge < -0.3 is 20.9 Å². The van der Waals surface area contributed by atoms with Gasteiger partial charge in [0.25, 0.3) is 0 Å². The molecular formula is C12H19FN4O3. The van der Waals surface area contributed by atoms with Crippen molar-refractivity contribution in [2.24, 2.45) is 11.6 Å². The lowest BCUT2D eigenvalue weighted by Crippen LogP contribution is -2.46. The number of benzene rings is 1. The molecule has 0 bridgehead atoms. The van der Waals surface area contributed by atoms with E-state index in [2.05, 4.69) is 5.32 Å². The molecule has 7 nitrogen and oxygen atoms in total. The number of carbonyl (C=O) groups excluding carboxylic acids is 1. The molecule has 20 heavy (non-hydrogen) atoms. The van der Waals surface area contributed by atoms with E-state index >= 15 is 0 Å². The summed E-state index contributed by atoms with van der Waals surface area (Å²) in [4.78, 5) is 11.5. The van der Waals surface area contributed by atoms with Gasteiger partial charge in [-0.05, 0) is 18.6 Å². The summed E-state index contributed by atoms with van der Waals surface area (Å²) < 4.78 is 18.5. The predicted molar refractivity (Wildman–Crippen MR) is 72.4 cm³/mol. The molecular weight excluding hydrogens is 267 g/mol. The molecule has 1 unspecified atom stereocenters. The quantitative estimate of drug-likeness (QED) is 0.269. The van der Waals surface area contributed by atoms with Gasteiger partial charge in [-0.15, -0.1) is 0 Å². The highest BCUT2D eigenvalue weighted by molar-refractivity contribution is 5.92. The maximum Gasteiger partial charge on any atom is 0.336 e. The zero-order valence-corrected chi connectivity index (χ0v) is 11.4. The summed E-state index contributed by atoms with van der Waals surface area (Å²) in [6.07, 6.45) is 0.249. The SMILES string of the molecule is CCC(N)(O)COc1cc(F)ccc1N(N)C(=O)NC. The minimum Gasteiger partial charge on any atom is -0.487 e. The number of rotatable bonds is 5. The summed E-state index contributed by atoms with van der Waals surface area (Å²) >= 11 is 0. The molecule has 0 fully saturated rings. The largest absolute Gasteiger partial charge is 0.487 e. The van der Waals surface area contributed by atoms with Crippen molar-refractivity contribution in [3.63, 3.8) is 0 Å². The molecule has 0 saturated carbocycles. The van der Waals surface area contributed by atoms with E-state index < -0.39 is 17.6 Å². The predicted octanol–water partition coefficient (Wildman–Crippen LogP) is 0.281. The third-order valence-electron chi connectivity index (χ3n) is 2.70. The van der Waals surface area contributed by atoms with E-state index in [9.17, 15) is 14.3 Å². The first-order valence-electron chi connectivity index (χ1n) is 6.01. The van der Waals surface area contributed by atoms with Gasteiger partial charge in [0.1, 0.15) is 29.6 Å². The number of carbonyl (C=O) groups is 1. The van der Waals surface area contributed by atoms with Crippen molar-refractivity contribution < 1.29 is 19.0 Å². The van der Waals surface area contributed by atoms with E-state index in [0.717, 1.165) is 17.1 Å². The molecule has 1 atom stereocenters. The second-order valence-electron chi connectivity index (χ2n) is 4.28. The smallest absolute Gasteiger partial charge is 0.336 e. The fourth-order valence-electron chi connectivity index (χ4n) is 1.34. The molecule has 0 saturated heterocycles. The molecule has 2 amide bonds. The molecule has 0 spiro atoms. The Balaban J connectivity index is 2.99. The number of hydrogen-bond donors (Lipinski definition) is 4. The molecule has 0 aromatic heterocycles. The Morgan fingerprint density at radius 2 is 2.25 bits per heavy atom. The summed E-state index contributed by atoms with van der Waals surface area (Å²) in [6, 6.07) is 2.89. The second kappa shape index (κ2) is 6.51. The number of nitrogens with zero attached hydrogens (tertiary/aromatic N) is 1. The van der Waals surface area contributed by atoms with Gasteiger partial charge in [-0.1, -0.05) is 6.92 Å². The maximum atomic E-state index is 13.3. The third kappa shape index (κ3) is 4.05. The van der Waals surface area contributed by atoms with Crippen LogP contribution in [0, 0.1) is 5.82 Å². The van der Waals surface area contributed by atoms with Crippen molar-refractivity contribution in [1.82, 2.24) is 5.32 Å². The Labute approximate surface area is 116 Å². The van der Waals surface area contributed by atoms with Gasteiger partial charge in [0.2, 0.25) is 0 Å². The fraction of sp³-hybridized carbons (Fsp3) is 0.417. The third-order valence-corrected chi connectivity index (χ3v) is 2.70. The number of hydrazine groups is 1. The van der Waals surface area contributed by atoms with Crippen LogP contribution in [0.2, 0.25) is 0 Å². The van der Waals surface area contributed by atoms with E-state index in [1.165, 1.54) is 13.1 Å². The highest BCUT2D eigenvalue weighted by Gasteiger charge is 2.22. The first-order chi connectivity index (χ1) is 9.30. The summed E-state index contributed by atoms with van der Waals surface area (Å²) in [5.74, 6) is 5.04. The topological polar surface area (TPSA) is 114 Å². The van der Waals surface area contributed by atoms with Crippen LogP contribution in [0.25, 0.3) is 0 Å². The van der Waals surface area contributed by atoms with Crippen LogP contribution in [-0.2, 0) is 0 Å². The molecule has 1 aromatic rings. The van der Waals surface area contributed by atoms with Gasteiger partial charge in [0, 0.05) is 13.1 Å². The monoisotopic (exact) mass is 286 g/mol. The zero-order chi connectivity index (χ0) is 15.3. The Morgan fingerprint density at radius 3 is 2.80 bits per heavy atom. The first-order valence-corrected chi connectivity index (χ1v) is 6.01. The van der Waals surface area contributed by atoms with Crippen molar-refractivity contribution in [2.45, 2.75) is 19.1 Å². The summed E-state index contributed by atoms with van der Waals surface area (Å²) in [7, 11) is 1.40. The molecule has 0 aliphatic heterocycles. The molecule has 0 aliphatic carbocycles. The van der Waals surface area contributed by atoms with Gasteiger partial charge in [0.15, 0.2) is 0 Å². The molecule has 0 aliphatic rings. The summed E-state index contributed by atoms with van der Waals surface area (Å²) in [5, 5.41) is 12.8. The molecule has 112 valence electrons. The molecule has 0 radical (unpaired) electrons. The number of halogens is 1. The average molecular weight is 286 g/mol. The molecule has 1 aromatic carbocycles. The number of nitrogens with one attached hydrogen (secondary N) is 1. The van der Waals surface area contributed by atoms with Crippen LogP contribution in [0.15, 0.2) is 18.2 Å². The van der Waals surface area contributed by atoms with Crippen molar-refractivity contribution in [1.29, 1.82) is 0 Å². The second-order valence-corrected chi connectivity index (χ2v) is 4.28. The fourth-order valence-corrected chi connectivity index (χ4v) is 1.34. The Morgan fingerprint density at radius 1 is 1.60 bits per heavy atom. The van der Waals surface area contributed by atoms with Crippen LogP contribution < -0.4 is 26.6 Å². The minimum atomic E-state index is -1.55. The highest BCUT2D eigenvalue weighted by atomic mass is 19.1. The van der Waals surface area contributed by atoms with Crippen LogP contribution in [0.5, 0.6) is 5.75 Å². The molecule has 6 N–H and O–H groups in total. The van der Waals surface area contributed by atoms with Gasteiger partial charge in [-0.25, -0.2) is 20.0 Å². The lowest BCUT2D eigenvalue weighted by Gasteiger charge is -2.24. The number of anilines is 1. The van der Waals surface area contributed by atoms with Crippen LogP contribution in [-0.4, -0.2) is 30.5 Å². The Bertz CT molecular complexity index is 482. The Hall–Kier alpha value is -1.90. The van der Waals surface area contributed by atoms with E-state index in [-0.39, 0.29) is 24.5 Å². The van der Waals surface area contributed by atoms with Crippen LogP contribution in [0.4, 0.5) is 14.9 Å². The van der Waals surface area contributed by atoms with Crippen molar-refractivity contribution in [3.05, 3.63) is 24.0 Å². The van der Waals surface area contributed by atoms with Gasteiger partial charge in [-0.2, -0.15) is 0 Å². The molecule has 8 heteroatoms. The average Bonchev–Trinajstić information content (AvgIpc) is 2.43. The van der Waals surface area contributed by atoms with Crippen molar-refractivity contribution in [2.75, 3.05) is 18.7 Å². The van der Waals surface area contributed by atoms with Crippen LogP contribution in [0.1, 0.15) is 13.3 Å². The lowest BCUT2D eigenvalue weighted by atomic mass is 10.2. The maximum absolute atomic E-state index is 13.3. The normalized spacial score (nSPS) is 13.5. The molecule has 0 heterocycles. The van der Waals surface area contributed by atoms with E-state index in [0.29, 0.717) is 0 Å². The van der Waals surface area contributed by atoms with Crippen LogP contribution in [0.3, 0.4) is 0 Å². The van der Waals surface area contributed by atoms with Crippen molar-refractivity contribution >= 4 is 11.7 Å². The number of amides is 2. The number of aliphatic hydroxyl groups is 1. The van der Waals surface area contributed by atoms with Crippen molar-refractivity contribution in [3.8, 4) is 5.75 Å².